The van der Waals surface area contributed by atoms with Crippen LogP contribution in [0, 0.1) is 0 Å². The fourth-order valence-electron chi connectivity index (χ4n) is 10.6. The van der Waals surface area contributed by atoms with Gasteiger partial charge in [0.1, 0.15) is 5.54 Å². The van der Waals surface area contributed by atoms with Crippen LogP contribution < -0.4 is 0 Å². The van der Waals surface area contributed by atoms with E-state index < -0.39 is 17.7 Å². The van der Waals surface area contributed by atoms with E-state index in [1.807, 2.05) is 0 Å². The van der Waals surface area contributed by atoms with Crippen LogP contribution in [0.5, 0.6) is 0 Å². The molecular formula is C76H144F4N8O22. The van der Waals surface area contributed by atoms with E-state index in [4.69, 9.17) is 20.4 Å². The van der Waals surface area contributed by atoms with Crippen molar-refractivity contribution in [2.45, 2.75) is 167 Å². The summed E-state index contributed by atoms with van der Waals surface area (Å²) in [6, 6.07) is 0. The van der Waals surface area contributed by atoms with Crippen molar-refractivity contribution in [1.82, 2.24) is 39.2 Å². The zero-order valence-corrected chi connectivity index (χ0v) is 63.8. The normalized spacial score (nSPS) is 18.1. The Morgan fingerprint density at radius 3 is 0.700 bits per heavy atom. The number of nitrogens with zero attached hydrogens (tertiary/aromatic N) is 8. The van der Waals surface area contributed by atoms with Gasteiger partial charge in [-0.1, -0.05) is 115 Å². The molecule has 0 bridgehead atoms. The van der Waals surface area contributed by atoms with E-state index in [9.17, 15) is 47.9 Å². The maximum Gasteiger partial charge on any atom is 0.410 e. The van der Waals surface area contributed by atoms with E-state index in [2.05, 4.69) is 123 Å². The molecule has 0 unspecified atom stereocenters. The highest BCUT2D eigenvalue weighted by molar-refractivity contribution is 6.02. The first-order valence-electron chi connectivity index (χ1n) is 34.3. The quantitative estimate of drug-likeness (QED) is 0.0994. The predicted molar refractivity (Wildman–Crippen MR) is 427 cm³/mol. The van der Waals surface area contributed by atoms with Crippen LogP contribution in [0.3, 0.4) is 0 Å². The zero-order chi connectivity index (χ0) is 76.6. The van der Waals surface area contributed by atoms with Crippen LogP contribution in [-0.2, 0) is 47.5 Å². The number of carbonyl (C=O) groups is 10. The first-order valence-corrected chi connectivity index (χ1v) is 34.3. The van der Waals surface area contributed by atoms with Crippen molar-refractivity contribution in [3.63, 3.8) is 0 Å². The third kappa shape index (κ3) is 42.8. The molecule has 0 saturated carbocycles. The van der Waals surface area contributed by atoms with Gasteiger partial charge >= 0.3 is 48.7 Å². The topological polar surface area (TPSA) is 351 Å². The molecule has 8 aliphatic carbocycles. The van der Waals surface area contributed by atoms with Gasteiger partial charge in [0.15, 0.2) is 11.6 Å². The van der Waals surface area contributed by atoms with Crippen molar-refractivity contribution in [3.8, 4) is 0 Å². The molecule has 8 heterocycles. The highest BCUT2D eigenvalue weighted by Crippen LogP contribution is 2.43. The highest BCUT2D eigenvalue weighted by Gasteiger charge is 2.54. The van der Waals surface area contributed by atoms with E-state index >= 15 is 0 Å². The van der Waals surface area contributed by atoms with Gasteiger partial charge < -0.3 is 77.9 Å². The molecule has 8 aliphatic heterocycles. The molecular weight excluding hydrogens is 1450 g/mol. The lowest BCUT2D eigenvalue weighted by Gasteiger charge is -2.22. The maximum absolute atomic E-state index is 11.3. The molecule has 110 heavy (non-hydrogen) atoms. The maximum atomic E-state index is 11.3. The Morgan fingerprint density at radius 2 is 0.518 bits per heavy atom. The Kier molecular flexibility index (Phi) is 68.7. The van der Waals surface area contributed by atoms with Gasteiger partial charge in [0.25, 0.3) is 0 Å². The van der Waals surface area contributed by atoms with E-state index in [1.165, 1.54) is 92.4 Å². The van der Waals surface area contributed by atoms with Crippen molar-refractivity contribution in [2.24, 2.45) is 0 Å². The number of halogens is 4. The lowest BCUT2D eigenvalue weighted by Crippen LogP contribution is -2.41. The molecule has 8 fully saturated rings. The molecule has 0 atom stereocenters. The molecule has 648 valence electrons. The number of carbonyl (C=O) groups excluding carboxylic acids is 10. The van der Waals surface area contributed by atoms with Crippen molar-refractivity contribution < 1.29 is 131 Å². The van der Waals surface area contributed by atoms with Gasteiger partial charge in [-0.2, -0.15) is 0 Å². The second-order valence-electron chi connectivity index (χ2n) is 23.6. The Morgan fingerprint density at radius 1 is 0.300 bits per heavy atom. The second kappa shape index (κ2) is 64.8. The van der Waals surface area contributed by atoms with Crippen LogP contribution in [0.1, 0.15) is 151 Å². The number of hydrogen-bond acceptors (Lipinski definition) is 22. The Bertz CT molecular complexity index is 2600. The summed E-state index contributed by atoms with van der Waals surface area (Å²) >= 11 is 0. The third-order valence-corrected chi connectivity index (χ3v) is 16.6. The average molecular weight is 1600 g/mol. The monoisotopic (exact) mass is 1600 g/mol. The minimum absolute atomic E-state index is 0. The van der Waals surface area contributed by atoms with Crippen LogP contribution >= 0.6 is 0 Å². The summed E-state index contributed by atoms with van der Waals surface area (Å²) in [5, 5.41) is 28.0. The lowest BCUT2D eigenvalue weighted by molar-refractivity contribution is -0.120. The third-order valence-electron chi connectivity index (χ3n) is 16.6. The number of likely N-dealkylation sites (tertiary alicyclic amines) is 8. The number of allylic oxidation sites excluding steroid dienone is 8. The molecule has 0 radical (unpaired) electrons. The van der Waals surface area contributed by atoms with Gasteiger partial charge in [-0.25, -0.2) is 38.4 Å². The molecule has 34 heteroatoms. The zero-order valence-electron chi connectivity index (χ0n) is 63.8. The van der Waals surface area contributed by atoms with E-state index in [-0.39, 0.29) is 126 Å². The molecule has 16 rings (SSSR count). The summed E-state index contributed by atoms with van der Waals surface area (Å²) in [5.74, 6) is 0.193. The molecule has 0 aromatic carbocycles. The Labute approximate surface area is 656 Å². The highest BCUT2D eigenvalue weighted by atomic mass is 19.0. The van der Waals surface area contributed by atoms with Gasteiger partial charge in [0.05, 0.1) is 80.0 Å². The first-order chi connectivity index (χ1) is 49.3. The molecule has 16 aliphatic rings. The minimum atomic E-state index is -0.687. The van der Waals surface area contributed by atoms with Gasteiger partial charge in [0.2, 0.25) is 0 Å². The molecule has 0 aromatic rings. The number of ketones is 2. The van der Waals surface area contributed by atoms with Crippen molar-refractivity contribution >= 4 is 60.3 Å². The SMILES string of the molecule is C.C.C.C.C1=CC1.C1=CC1.C1=CC1.C1=CC1.CO.CO.CO.CO.COC(=O)N1CCC(=O)C1.COC(=O)N1CCC(=O)C12C=C2.COC(=O)N1CCCC1.COC(=O)N1CCCC1.COC(=O)N1CCCC1.COC(=O)N1CCCC12C=C2.COC(=O)N1CCCC12C=C2.COC(=O)N1CCCC12C=C2.F.F.F.F.[HH].[HH].[HH].[HH]. The lowest BCUT2D eigenvalue weighted by atomic mass is 10.1. The van der Waals surface area contributed by atoms with E-state index in [0.29, 0.717) is 25.9 Å². The Balaban J connectivity index is -0.0000000994. The van der Waals surface area contributed by atoms with E-state index in [1.54, 1.807) is 41.6 Å². The molecule has 8 amide bonds. The van der Waals surface area contributed by atoms with Crippen LogP contribution in [0.15, 0.2) is 97.2 Å². The number of aliphatic hydroxyl groups is 4. The van der Waals surface area contributed by atoms with Gasteiger partial charge in [-0.05, 0) is 115 Å². The van der Waals surface area contributed by atoms with Crippen molar-refractivity contribution in [2.75, 3.05) is 164 Å². The molecule has 8 saturated heterocycles. The van der Waals surface area contributed by atoms with Crippen LogP contribution in [-0.4, -0.2) is 306 Å². The summed E-state index contributed by atoms with van der Waals surface area (Å²) in [6.45, 7) is 8.90. The molecule has 4 N–H and O–H groups in total. The van der Waals surface area contributed by atoms with Gasteiger partial charge in [-0.15, -0.1) is 0 Å². The van der Waals surface area contributed by atoms with Gasteiger partial charge in [-0.3, -0.25) is 48.0 Å². The number of ether oxygens (including phenoxy) is 8. The van der Waals surface area contributed by atoms with E-state index in [0.717, 1.165) is 164 Å². The standard InChI is InChI=1S/C8H9NO3.3C8H11NO2.C6H9NO3.3C6H11NO2.4C3H4.4CH4O.4CH4.4FH.4H2/c1-12-7(11)9-5-2-6(10)8(9)3-4-8;3*1-11-7(10)9-6-2-3-8(9)4-5-8;1-10-6(9)7-3-2-5(8)4-7;3*1-9-6(8)7-4-2-3-5-7;4*1-2-3-1;4*1-2;;;;;;;;;;;;/h3-4H,2,5H2,1H3;3*4-5H,2-3,6H2,1H3;2-4H2,1H3;3*2-5H2,1H3;4*1-2H,3H2;4*2H,1H3;4*1H4;8*1H. The minimum Gasteiger partial charge on any atom is -0.453 e. The smallest absolute Gasteiger partial charge is 0.410 e. The fourth-order valence-corrected chi connectivity index (χ4v) is 10.6. The predicted octanol–water partition coefficient (Wildman–Crippen LogP) is 12.7. The summed E-state index contributed by atoms with van der Waals surface area (Å²) in [7, 11) is 15.2. The number of hydrogen-bond donors (Lipinski definition) is 4. The number of methoxy groups -OCH3 is 8. The number of aliphatic hydroxyl groups excluding tert-OH is 4. The number of Topliss-reactive ketones (excluding diaryl/α,β-unsaturated/α-hetero) is 2. The van der Waals surface area contributed by atoms with Gasteiger partial charge in [0, 0.05) is 119 Å². The largest absolute Gasteiger partial charge is 0.453 e. The molecule has 0 aromatic heterocycles. The van der Waals surface area contributed by atoms with Crippen LogP contribution in [0.25, 0.3) is 0 Å². The Hall–Kier alpha value is -9.02. The van der Waals surface area contributed by atoms with Crippen LogP contribution in [0.2, 0.25) is 0 Å². The summed E-state index contributed by atoms with van der Waals surface area (Å²) in [5.41, 5.74) is -0.708. The van der Waals surface area contributed by atoms with Crippen molar-refractivity contribution in [1.29, 1.82) is 0 Å². The number of amides is 8. The molecule has 30 nitrogen and oxygen atoms in total. The average Bonchev–Trinajstić information content (AvgIpc) is 1.55. The fraction of sp³-hybridized carbons (Fsp3) is 0.658. The summed E-state index contributed by atoms with van der Waals surface area (Å²) < 4.78 is 36.5. The summed E-state index contributed by atoms with van der Waals surface area (Å²) in [6.07, 6.45) is 50.0. The molecule has 4 spiro atoms. The first kappa shape index (κ1) is 117. The summed E-state index contributed by atoms with van der Waals surface area (Å²) in [4.78, 5) is 123. The second-order valence-corrected chi connectivity index (χ2v) is 23.6. The van der Waals surface area contributed by atoms with Crippen LogP contribution in [0.4, 0.5) is 57.2 Å². The van der Waals surface area contributed by atoms with Crippen molar-refractivity contribution in [3.05, 3.63) is 97.2 Å². The number of rotatable bonds is 0.